The van der Waals surface area contributed by atoms with Gasteiger partial charge in [0.05, 0.1) is 0 Å². The van der Waals surface area contributed by atoms with E-state index in [0.717, 1.165) is 0 Å². The summed E-state index contributed by atoms with van der Waals surface area (Å²) in [5.74, 6) is 7.52. The molecule has 3 N–H and O–H groups in total. The lowest BCUT2D eigenvalue weighted by atomic mass is 10.2. The van der Waals surface area contributed by atoms with Crippen LogP contribution in [0.5, 0.6) is 11.6 Å². The maximum absolute atomic E-state index is 5.69. The lowest BCUT2D eigenvalue weighted by Crippen LogP contribution is -2.11. The minimum Gasteiger partial charge on any atom is -0.439 e. The number of hydrazine groups is 1. The molecule has 6 heteroatoms. The van der Waals surface area contributed by atoms with E-state index in [2.05, 4.69) is 15.4 Å². The van der Waals surface area contributed by atoms with Crippen LogP contribution in [0.3, 0.4) is 0 Å². The highest BCUT2D eigenvalue weighted by Gasteiger charge is 2.06. The predicted molar refractivity (Wildman–Crippen MR) is 76.4 cm³/mol. The number of aryl methyl sites for hydroxylation is 1. The molecule has 6 nitrogen and oxygen atoms in total. The van der Waals surface area contributed by atoms with Crippen molar-refractivity contribution in [1.29, 1.82) is 0 Å². The molecule has 0 saturated heterocycles. The van der Waals surface area contributed by atoms with Crippen LogP contribution in [0, 0.1) is 6.92 Å². The number of aromatic nitrogens is 2. The number of nitrogens with one attached hydrogen (secondary N) is 1. The van der Waals surface area contributed by atoms with Crippen LogP contribution < -0.4 is 16.0 Å². The Kier molecular flexibility index (Phi) is 4.86. The molecule has 1 heterocycles. The van der Waals surface area contributed by atoms with Crippen molar-refractivity contribution in [3.8, 4) is 11.6 Å². The molecule has 106 valence electrons. The molecule has 0 aliphatic rings. The summed E-state index contributed by atoms with van der Waals surface area (Å²) >= 11 is 0. The van der Waals surface area contributed by atoms with E-state index in [4.69, 9.17) is 15.3 Å². The normalized spacial score (nSPS) is 10.3. The summed E-state index contributed by atoms with van der Waals surface area (Å²) in [7, 11) is 0. The smallest absolute Gasteiger partial charge is 0.224 e. The summed E-state index contributed by atoms with van der Waals surface area (Å²) in [6.45, 7) is 4.84. The van der Waals surface area contributed by atoms with Gasteiger partial charge in [0.15, 0.2) is 5.82 Å². The van der Waals surface area contributed by atoms with Crippen molar-refractivity contribution in [2.45, 2.75) is 20.5 Å². The van der Waals surface area contributed by atoms with Crippen molar-refractivity contribution in [1.82, 2.24) is 9.97 Å². The predicted octanol–water partition coefficient (Wildman–Crippen LogP) is 2.40. The van der Waals surface area contributed by atoms with Gasteiger partial charge in [0.2, 0.25) is 5.88 Å². The summed E-state index contributed by atoms with van der Waals surface area (Å²) in [5.41, 5.74) is 3.66. The molecule has 0 amide bonds. The quantitative estimate of drug-likeness (QED) is 0.621. The SMILES string of the molecule is CCOCc1nc(NN)cc(Oc2ccc(C)cc2)n1. The number of nitrogens with two attached hydrogens (primary N) is 1. The molecule has 0 spiro atoms. The fourth-order valence-corrected chi connectivity index (χ4v) is 1.58. The Morgan fingerprint density at radius 2 is 1.95 bits per heavy atom. The van der Waals surface area contributed by atoms with E-state index in [-0.39, 0.29) is 0 Å². The lowest BCUT2D eigenvalue weighted by Gasteiger charge is -2.09. The molecule has 0 bridgehead atoms. The molecule has 0 aliphatic carbocycles. The average Bonchev–Trinajstić information content (AvgIpc) is 2.47. The standard InChI is InChI=1S/C14H18N4O2/c1-3-19-9-13-16-12(18-15)8-14(17-13)20-11-6-4-10(2)5-7-11/h4-8H,3,9,15H2,1-2H3,(H,16,17,18). The van der Waals surface area contributed by atoms with Gasteiger partial charge < -0.3 is 14.9 Å². The summed E-state index contributed by atoms with van der Waals surface area (Å²) in [6, 6.07) is 9.35. The third-order valence-corrected chi connectivity index (χ3v) is 2.58. The number of rotatable bonds is 6. The molecule has 20 heavy (non-hydrogen) atoms. The molecule has 0 atom stereocenters. The molecule has 0 saturated carbocycles. The van der Waals surface area contributed by atoms with Gasteiger partial charge in [0, 0.05) is 12.7 Å². The van der Waals surface area contributed by atoms with Crippen LogP contribution in [0.4, 0.5) is 5.82 Å². The van der Waals surface area contributed by atoms with E-state index >= 15 is 0 Å². The van der Waals surface area contributed by atoms with E-state index in [0.29, 0.717) is 36.5 Å². The number of anilines is 1. The Bertz CT molecular complexity index is 558. The highest BCUT2D eigenvalue weighted by Crippen LogP contribution is 2.21. The van der Waals surface area contributed by atoms with Gasteiger partial charge in [-0.15, -0.1) is 0 Å². The molecule has 1 aromatic carbocycles. The highest BCUT2D eigenvalue weighted by molar-refractivity contribution is 5.39. The Morgan fingerprint density at radius 1 is 1.20 bits per heavy atom. The van der Waals surface area contributed by atoms with Crippen LogP contribution in [-0.4, -0.2) is 16.6 Å². The molecule has 0 unspecified atom stereocenters. The second-order valence-corrected chi connectivity index (χ2v) is 4.20. The van der Waals surface area contributed by atoms with Gasteiger partial charge in [-0.1, -0.05) is 17.7 Å². The lowest BCUT2D eigenvalue weighted by molar-refractivity contribution is 0.128. The van der Waals surface area contributed by atoms with Gasteiger partial charge in [-0.2, -0.15) is 4.98 Å². The van der Waals surface area contributed by atoms with Crippen LogP contribution in [0.1, 0.15) is 18.3 Å². The summed E-state index contributed by atoms with van der Waals surface area (Å²) in [5, 5.41) is 0. The maximum atomic E-state index is 5.69. The minimum absolute atomic E-state index is 0.316. The largest absolute Gasteiger partial charge is 0.439 e. The number of benzene rings is 1. The zero-order valence-corrected chi connectivity index (χ0v) is 11.6. The Balaban J connectivity index is 2.19. The first-order valence-electron chi connectivity index (χ1n) is 6.38. The fraction of sp³-hybridized carbons (Fsp3) is 0.286. The van der Waals surface area contributed by atoms with Crippen LogP contribution >= 0.6 is 0 Å². The van der Waals surface area contributed by atoms with E-state index in [9.17, 15) is 0 Å². The molecule has 2 rings (SSSR count). The minimum atomic E-state index is 0.316. The van der Waals surface area contributed by atoms with Crippen molar-refractivity contribution in [3.63, 3.8) is 0 Å². The Hall–Kier alpha value is -2.18. The second kappa shape index (κ2) is 6.83. The second-order valence-electron chi connectivity index (χ2n) is 4.20. The third kappa shape index (κ3) is 3.91. The first-order valence-corrected chi connectivity index (χ1v) is 6.38. The Morgan fingerprint density at radius 3 is 2.60 bits per heavy atom. The molecular formula is C14H18N4O2. The number of nitrogen functional groups attached to an aromatic ring is 1. The summed E-state index contributed by atoms with van der Waals surface area (Å²) in [4.78, 5) is 8.48. The number of nitrogens with zero attached hydrogens (tertiary/aromatic N) is 2. The van der Waals surface area contributed by atoms with Crippen LogP contribution in [0.25, 0.3) is 0 Å². The highest BCUT2D eigenvalue weighted by atomic mass is 16.5. The summed E-state index contributed by atoms with van der Waals surface area (Å²) in [6.07, 6.45) is 0. The molecule has 0 fully saturated rings. The van der Waals surface area contributed by atoms with Crippen molar-refractivity contribution in [3.05, 3.63) is 41.7 Å². The zero-order valence-electron chi connectivity index (χ0n) is 11.6. The van der Waals surface area contributed by atoms with Gasteiger partial charge in [0.25, 0.3) is 0 Å². The number of ether oxygens (including phenoxy) is 2. The van der Waals surface area contributed by atoms with Gasteiger partial charge in [-0.05, 0) is 26.0 Å². The molecule has 2 aromatic rings. The van der Waals surface area contributed by atoms with Gasteiger partial charge in [-0.25, -0.2) is 10.8 Å². The van der Waals surface area contributed by atoms with Crippen molar-refractivity contribution in [2.24, 2.45) is 5.84 Å². The summed E-state index contributed by atoms with van der Waals surface area (Å²) < 4.78 is 11.0. The van der Waals surface area contributed by atoms with Crippen LogP contribution in [0.15, 0.2) is 30.3 Å². The number of hydrogen-bond donors (Lipinski definition) is 2. The van der Waals surface area contributed by atoms with Crippen LogP contribution in [0.2, 0.25) is 0 Å². The third-order valence-electron chi connectivity index (χ3n) is 2.58. The zero-order chi connectivity index (χ0) is 14.4. The topological polar surface area (TPSA) is 82.3 Å². The molecule has 1 aromatic heterocycles. The van der Waals surface area contributed by atoms with E-state index in [1.54, 1.807) is 6.07 Å². The average molecular weight is 274 g/mol. The van der Waals surface area contributed by atoms with Crippen LogP contribution in [-0.2, 0) is 11.3 Å². The van der Waals surface area contributed by atoms with E-state index in [1.807, 2.05) is 38.1 Å². The monoisotopic (exact) mass is 274 g/mol. The van der Waals surface area contributed by atoms with Gasteiger partial charge in [-0.3, -0.25) is 0 Å². The van der Waals surface area contributed by atoms with Gasteiger partial charge >= 0.3 is 0 Å². The van der Waals surface area contributed by atoms with Crippen molar-refractivity contribution < 1.29 is 9.47 Å². The maximum Gasteiger partial charge on any atom is 0.224 e. The van der Waals surface area contributed by atoms with Crippen molar-refractivity contribution in [2.75, 3.05) is 12.0 Å². The first-order chi connectivity index (χ1) is 9.71. The molecule has 0 radical (unpaired) electrons. The van der Waals surface area contributed by atoms with Crippen molar-refractivity contribution >= 4 is 5.82 Å². The fourth-order valence-electron chi connectivity index (χ4n) is 1.58. The first kappa shape index (κ1) is 14.2. The van der Waals surface area contributed by atoms with E-state index < -0.39 is 0 Å². The Labute approximate surface area is 117 Å². The van der Waals surface area contributed by atoms with Gasteiger partial charge in [0.1, 0.15) is 18.2 Å². The molecular weight excluding hydrogens is 256 g/mol. The van der Waals surface area contributed by atoms with E-state index in [1.165, 1.54) is 5.56 Å². The number of hydrogen-bond acceptors (Lipinski definition) is 6. The molecule has 0 aliphatic heterocycles.